The first-order valence-corrected chi connectivity index (χ1v) is 7.62. The van der Waals surface area contributed by atoms with Gasteiger partial charge in [0.15, 0.2) is 0 Å². The maximum absolute atomic E-state index is 13.5. The van der Waals surface area contributed by atoms with Crippen molar-refractivity contribution in [2.75, 3.05) is 0 Å². The third-order valence-electron chi connectivity index (χ3n) is 4.48. The van der Waals surface area contributed by atoms with Gasteiger partial charge in [-0.2, -0.15) is 13.2 Å². The molecular weight excluding hydrogens is 299 g/mol. The molecule has 3 rings (SSSR count). The Labute approximate surface area is 126 Å². The van der Waals surface area contributed by atoms with Crippen LogP contribution in [0.3, 0.4) is 0 Å². The van der Waals surface area contributed by atoms with Crippen molar-refractivity contribution in [3.63, 3.8) is 0 Å². The molecule has 1 aliphatic rings. The maximum Gasteiger partial charge on any atom is 0.431 e. The molecule has 0 unspecified atom stereocenters. The van der Waals surface area contributed by atoms with Gasteiger partial charge in [-0.25, -0.2) is 0 Å². The Morgan fingerprint density at radius 2 is 1.81 bits per heavy atom. The molecule has 21 heavy (non-hydrogen) atoms. The smallest absolute Gasteiger partial charge is 0.340 e. The quantitative estimate of drug-likeness (QED) is 0.617. The van der Waals surface area contributed by atoms with E-state index in [4.69, 9.17) is 11.6 Å². The molecule has 1 saturated carbocycles. The summed E-state index contributed by atoms with van der Waals surface area (Å²) >= 11 is 6.01. The summed E-state index contributed by atoms with van der Waals surface area (Å²) in [6.07, 6.45) is 0.428. The Bertz CT molecular complexity index is 666. The summed E-state index contributed by atoms with van der Waals surface area (Å²) < 4.78 is 41.9. The number of halogens is 4. The lowest BCUT2D eigenvalue weighted by Gasteiger charge is -2.24. The lowest BCUT2D eigenvalue weighted by atomic mass is 9.82. The highest BCUT2D eigenvalue weighted by atomic mass is 35.5. The molecule has 0 saturated heterocycles. The fourth-order valence-electron chi connectivity index (χ4n) is 3.59. The van der Waals surface area contributed by atoms with E-state index in [-0.39, 0.29) is 5.92 Å². The van der Waals surface area contributed by atoms with Gasteiger partial charge in [-0.1, -0.05) is 30.9 Å². The van der Waals surface area contributed by atoms with Crippen LogP contribution in [0.4, 0.5) is 13.2 Å². The zero-order valence-electron chi connectivity index (χ0n) is 11.8. The Morgan fingerprint density at radius 3 is 2.43 bits per heavy atom. The van der Waals surface area contributed by atoms with Crippen molar-refractivity contribution in [3.8, 4) is 0 Å². The summed E-state index contributed by atoms with van der Waals surface area (Å²) in [5, 5.41) is 1.14. The molecule has 1 aromatic heterocycles. The summed E-state index contributed by atoms with van der Waals surface area (Å²) in [6, 6.07) is 5.00. The first kappa shape index (κ1) is 14.8. The van der Waals surface area contributed by atoms with Gasteiger partial charge >= 0.3 is 6.18 Å². The van der Waals surface area contributed by atoms with E-state index < -0.39 is 11.9 Å². The largest absolute Gasteiger partial charge is 0.431 e. The van der Waals surface area contributed by atoms with Crippen LogP contribution in [0.1, 0.15) is 49.3 Å². The van der Waals surface area contributed by atoms with E-state index in [0.29, 0.717) is 21.5 Å². The molecule has 0 bridgehead atoms. The first-order chi connectivity index (χ1) is 9.89. The lowest BCUT2D eigenvalue weighted by Crippen LogP contribution is -2.16. The molecule has 1 fully saturated rings. The molecule has 114 valence electrons. The number of hydrogen-bond donors (Lipinski definition) is 0. The molecule has 5 heteroatoms. The highest BCUT2D eigenvalue weighted by Crippen LogP contribution is 2.45. The summed E-state index contributed by atoms with van der Waals surface area (Å²) in [5.74, 6) is -0.0162. The van der Waals surface area contributed by atoms with Gasteiger partial charge in [0.25, 0.3) is 0 Å². The molecule has 0 amide bonds. The van der Waals surface area contributed by atoms with Crippen LogP contribution in [0.2, 0.25) is 5.02 Å². The number of nitrogens with zero attached hydrogens (tertiary/aromatic N) is 1. The van der Waals surface area contributed by atoms with E-state index in [1.807, 2.05) is 0 Å². The van der Waals surface area contributed by atoms with Crippen molar-refractivity contribution >= 4 is 22.5 Å². The maximum atomic E-state index is 13.5. The van der Waals surface area contributed by atoms with Crippen molar-refractivity contribution in [3.05, 3.63) is 34.5 Å². The van der Waals surface area contributed by atoms with E-state index in [0.717, 1.165) is 32.1 Å². The van der Waals surface area contributed by atoms with Crippen molar-refractivity contribution in [2.24, 2.45) is 7.05 Å². The van der Waals surface area contributed by atoms with Crippen molar-refractivity contribution < 1.29 is 13.2 Å². The molecule has 0 atom stereocenters. The van der Waals surface area contributed by atoms with Gasteiger partial charge in [0.2, 0.25) is 0 Å². The number of rotatable bonds is 1. The highest BCUT2D eigenvalue weighted by Gasteiger charge is 2.40. The van der Waals surface area contributed by atoms with E-state index in [9.17, 15) is 13.2 Å². The van der Waals surface area contributed by atoms with Gasteiger partial charge in [-0.3, -0.25) is 0 Å². The minimum atomic E-state index is -4.34. The number of hydrogen-bond acceptors (Lipinski definition) is 0. The fraction of sp³-hybridized carbons (Fsp3) is 0.500. The molecule has 1 heterocycles. The third kappa shape index (κ3) is 2.54. The predicted octanol–water partition coefficient (Wildman–Crippen LogP) is 5.90. The molecule has 0 spiro atoms. The monoisotopic (exact) mass is 315 g/mol. The summed E-state index contributed by atoms with van der Waals surface area (Å²) in [4.78, 5) is 0. The number of alkyl halides is 3. The van der Waals surface area contributed by atoms with Crippen LogP contribution in [0.5, 0.6) is 0 Å². The van der Waals surface area contributed by atoms with Crippen LogP contribution in [0.25, 0.3) is 10.9 Å². The van der Waals surface area contributed by atoms with Crippen LogP contribution < -0.4 is 0 Å². The first-order valence-electron chi connectivity index (χ1n) is 7.24. The second kappa shape index (κ2) is 5.24. The molecule has 2 aromatic rings. The highest BCUT2D eigenvalue weighted by molar-refractivity contribution is 6.31. The van der Waals surface area contributed by atoms with Gasteiger partial charge < -0.3 is 4.57 Å². The minimum absolute atomic E-state index is 0.0162. The summed E-state index contributed by atoms with van der Waals surface area (Å²) in [6.45, 7) is 0. The molecule has 1 nitrogen and oxygen atoms in total. The second-order valence-corrected chi connectivity index (χ2v) is 6.25. The van der Waals surface area contributed by atoms with Crippen LogP contribution in [-0.2, 0) is 13.2 Å². The van der Waals surface area contributed by atoms with Gasteiger partial charge in [0, 0.05) is 23.0 Å². The molecule has 0 aliphatic heterocycles. The average Bonchev–Trinajstić information content (AvgIpc) is 2.72. The van der Waals surface area contributed by atoms with E-state index >= 15 is 0 Å². The van der Waals surface area contributed by atoms with Crippen LogP contribution >= 0.6 is 11.6 Å². The van der Waals surface area contributed by atoms with E-state index in [1.54, 1.807) is 18.2 Å². The van der Waals surface area contributed by atoms with Crippen LogP contribution in [0, 0.1) is 0 Å². The van der Waals surface area contributed by atoms with E-state index in [2.05, 4.69) is 0 Å². The van der Waals surface area contributed by atoms with Crippen LogP contribution in [-0.4, -0.2) is 4.57 Å². The fourth-order valence-corrected chi connectivity index (χ4v) is 3.76. The summed E-state index contributed by atoms with van der Waals surface area (Å²) in [5.41, 5.74) is 0.543. The number of fused-ring (bicyclic) bond motifs is 1. The van der Waals surface area contributed by atoms with Gasteiger partial charge in [-0.05, 0) is 42.5 Å². The summed E-state index contributed by atoms with van der Waals surface area (Å²) in [7, 11) is 1.49. The number of aryl methyl sites for hydroxylation is 1. The Kier molecular flexibility index (Phi) is 3.68. The van der Waals surface area contributed by atoms with Gasteiger partial charge in [0.05, 0.1) is 0 Å². The van der Waals surface area contributed by atoms with Crippen LogP contribution in [0.15, 0.2) is 18.2 Å². The number of benzene rings is 1. The molecular formula is C16H17ClF3N. The van der Waals surface area contributed by atoms with E-state index in [1.165, 1.54) is 11.6 Å². The Hall–Kier alpha value is -1.16. The topological polar surface area (TPSA) is 4.93 Å². The minimum Gasteiger partial charge on any atom is -0.340 e. The van der Waals surface area contributed by atoms with Crippen molar-refractivity contribution in [2.45, 2.75) is 44.2 Å². The predicted molar refractivity (Wildman–Crippen MR) is 78.8 cm³/mol. The standard InChI is InChI=1S/C16H17ClF3N/c1-21-13-8-7-11(17)9-12(13)14(15(21)16(18,19)20)10-5-3-2-4-6-10/h7-10H,2-6H2,1H3. The third-order valence-corrected chi connectivity index (χ3v) is 4.72. The normalized spacial score (nSPS) is 17.6. The lowest BCUT2D eigenvalue weighted by molar-refractivity contribution is -0.143. The van der Waals surface area contributed by atoms with Gasteiger partial charge in [0.1, 0.15) is 5.69 Å². The Balaban J connectivity index is 2.29. The SMILES string of the molecule is Cn1c(C(F)(F)F)c(C2CCCCC2)c2cc(Cl)ccc21. The molecule has 1 aromatic carbocycles. The zero-order valence-corrected chi connectivity index (χ0v) is 12.6. The van der Waals surface area contributed by atoms with Gasteiger partial charge in [-0.15, -0.1) is 0 Å². The average molecular weight is 316 g/mol. The van der Waals surface area contributed by atoms with Crippen molar-refractivity contribution in [1.82, 2.24) is 4.57 Å². The zero-order chi connectivity index (χ0) is 15.2. The second-order valence-electron chi connectivity index (χ2n) is 5.82. The number of aromatic nitrogens is 1. The molecule has 1 aliphatic carbocycles. The molecule has 0 radical (unpaired) electrons. The molecule has 0 N–H and O–H groups in total. The Morgan fingerprint density at radius 1 is 1.14 bits per heavy atom. The van der Waals surface area contributed by atoms with Crippen molar-refractivity contribution in [1.29, 1.82) is 0 Å².